The second kappa shape index (κ2) is 7.26. The summed E-state index contributed by atoms with van der Waals surface area (Å²) in [7, 11) is 0.399. The van der Waals surface area contributed by atoms with E-state index in [1.54, 1.807) is 21.3 Å². The summed E-state index contributed by atoms with van der Waals surface area (Å²) in [4.78, 5) is 20.5. The molecule has 10 heteroatoms. The molecule has 2 aliphatic heterocycles. The fourth-order valence-electron chi connectivity index (χ4n) is 3.83. The number of aromatic amines is 1. The first kappa shape index (κ1) is 19.0. The first-order valence-corrected chi connectivity index (χ1v) is 10.7. The molecular weight excluding hydrogens is 380 g/mol. The molecule has 1 saturated heterocycles. The highest BCUT2D eigenvalue weighted by molar-refractivity contribution is 7.89. The summed E-state index contributed by atoms with van der Waals surface area (Å²) in [6.07, 6.45) is 2.81. The first-order chi connectivity index (χ1) is 13.4. The van der Waals surface area contributed by atoms with Gasteiger partial charge in [0, 0.05) is 32.2 Å². The molecule has 0 radical (unpaired) electrons. The minimum Gasteiger partial charge on any atom is -0.331 e. The average molecular weight is 404 g/mol. The van der Waals surface area contributed by atoms with Gasteiger partial charge in [-0.15, -0.1) is 0 Å². The number of nitrogens with one attached hydrogen (secondary N) is 1. The van der Waals surface area contributed by atoms with Gasteiger partial charge in [-0.2, -0.15) is 9.40 Å². The number of amides is 1. The minimum absolute atomic E-state index is 0.194. The molecule has 2 aromatic rings. The summed E-state index contributed by atoms with van der Waals surface area (Å²) in [5, 5.41) is 6.30. The maximum Gasteiger partial charge on any atom is 0.291 e. The Balaban J connectivity index is 1.56. The van der Waals surface area contributed by atoms with E-state index in [0.29, 0.717) is 37.5 Å². The molecule has 1 aromatic carbocycles. The number of carbonyl (C=O) groups is 1. The molecule has 150 valence electrons. The molecule has 1 aromatic heterocycles. The number of carbonyl (C=O) groups excluding carboxylic acids is 1. The fourth-order valence-corrected chi connectivity index (χ4v) is 5.37. The van der Waals surface area contributed by atoms with Crippen LogP contribution >= 0.6 is 0 Å². The van der Waals surface area contributed by atoms with E-state index >= 15 is 0 Å². The third kappa shape index (κ3) is 3.43. The van der Waals surface area contributed by atoms with E-state index in [9.17, 15) is 13.2 Å². The summed E-state index contributed by atoms with van der Waals surface area (Å²) < 4.78 is 27.7. The standard InChI is InChI=1S/C18H24N6O3S/c1-22(2)15-6-8-24(11-15)28(26,27)16-4-3-13-5-7-23(10-14(13)9-16)18(25)17-19-12-20-21-17/h3-4,9,12,15H,5-8,10-11H2,1-2H3,(H,19,20,21)/t15-/m0/s1. The van der Waals surface area contributed by atoms with Crippen LogP contribution in [-0.2, 0) is 23.0 Å². The lowest BCUT2D eigenvalue weighted by Gasteiger charge is -2.29. The van der Waals surface area contributed by atoms with Gasteiger partial charge >= 0.3 is 0 Å². The van der Waals surface area contributed by atoms with E-state index in [4.69, 9.17) is 0 Å². The SMILES string of the molecule is CN(C)[C@H]1CCN(S(=O)(=O)c2ccc3c(c2)CN(C(=O)c2ncn[nH]2)CC3)C1. The maximum atomic E-state index is 13.1. The third-order valence-corrected chi connectivity index (χ3v) is 7.45. The second-order valence-electron chi connectivity index (χ2n) is 7.51. The van der Waals surface area contributed by atoms with Crippen molar-refractivity contribution in [2.75, 3.05) is 33.7 Å². The van der Waals surface area contributed by atoms with E-state index in [0.717, 1.165) is 17.5 Å². The van der Waals surface area contributed by atoms with Crippen molar-refractivity contribution in [3.05, 3.63) is 41.5 Å². The Morgan fingerprint density at radius 1 is 1.25 bits per heavy atom. The topological polar surface area (TPSA) is 102 Å². The largest absolute Gasteiger partial charge is 0.331 e. The Morgan fingerprint density at radius 2 is 2.07 bits per heavy atom. The summed E-state index contributed by atoms with van der Waals surface area (Å²) in [5.74, 6) is -0.0381. The van der Waals surface area contributed by atoms with Gasteiger partial charge in [-0.25, -0.2) is 13.4 Å². The molecule has 0 spiro atoms. The van der Waals surface area contributed by atoms with Crippen LogP contribution in [-0.4, -0.2) is 83.4 Å². The van der Waals surface area contributed by atoms with Gasteiger partial charge in [-0.3, -0.25) is 9.89 Å². The van der Waals surface area contributed by atoms with Gasteiger partial charge in [-0.05, 0) is 50.2 Å². The number of hydrogen-bond donors (Lipinski definition) is 1. The van der Waals surface area contributed by atoms with Crippen LogP contribution in [0.25, 0.3) is 0 Å². The molecule has 0 bridgehead atoms. The number of likely N-dealkylation sites (N-methyl/N-ethyl adjacent to an activating group) is 1. The molecule has 3 heterocycles. The van der Waals surface area contributed by atoms with E-state index in [1.807, 2.05) is 20.2 Å². The van der Waals surface area contributed by atoms with Crippen molar-refractivity contribution in [3.63, 3.8) is 0 Å². The van der Waals surface area contributed by atoms with Crippen molar-refractivity contribution >= 4 is 15.9 Å². The van der Waals surface area contributed by atoms with E-state index in [1.165, 1.54) is 6.33 Å². The zero-order valence-electron chi connectivity index (χ0n) is 16.0. The van der Waals surface area contributed by atoms with Crippen LogP contribution < -0.4 is 0 Å². The predicted molar refractivity (Wildman–Crippen MR) is 102 cm³/mol. The molecule has 1 atom stereocenters. The number of rotatable bonds is 4. The average Bonchev–Trinajstić information content (AvgIpc) is 3.38. The fraction of sp³-hybridized carbons (Fsp3) is 0.500. The van der Waals surface area contributed by atoms with Crippen LogP contribution in [0.3, 0.4) is 0 Å². The Labute approximate surface area is 164 Å². The molecule has 1 amide bonds. The molecule has 1 N–H and O–H groups in total. The number of H-pyrrole nitrogens is 1. The van der Waals surface area contributed by atoms with E-state index in [-0.39, 0.29) is 17.8 Å². The van der Waals surface area contributed by atoms with Crippen molar-refractivity contribution in [3.8, 4) is 0 Å². The van der Waals surface area contributed by atoms with Crippen molar-refractivity contribution < 1.29 is 13.2 Å². The van der Waals surface area contributed by atoms with Crippen LogP contribution in [0.5, 0.6) is 0 Å². The Kier molecular flexibility index (Phi) is 4.94. The third-order valence-electron chi connectivity index (χ3n) is 5.59. The van der Waals surface area contributed by atoms with Gasteiger partial charge in [0.25, 0.3) is 5.91 Å². The predicted octanol–water partition coefficient (Wildman–Crippen LogP) is 0.328. The van der Waals surface area contributed by atoms with Gasteiger partial charge < -0.3 is 9.80 Å². The van der Waals surface area contributed by atoms with Crippen molar-refractivity contribution in [1.29, 1.82) is 0 Å². The van der Waals surface area contributed by atoms with Crippen LogP contribution in [0.15, 0.2) is 29.4 Å². The summed E-state index contributed by atoms with van der Waals surface area (Å²) in [6.45, 7) is 1.95. The van der Waals surface area contributed by atoms with Crippen LogP contribution in [0.2, 0.25) is 0 Å². The normalized spacial score (nSPS) is 20.5. The highest BCUT2D eigenvalue weighted by atomic mass is 32.2. The zero-order chi connectivity index (χ0) is 19.9. The highest BCUT2D eigenvalue weighted by Crippen LogP contribution is 2.27. The summed E-state index contributed by atoms with van der Waals surface area (Å²) >= 11 is 0. The van der Waals surface area contributed by atoms with E-state index in [2.05, 4.69) is 20.1 Å². The number of benzene rings is 1. The summed E-state index contributed by atoms with van der Waals surface area (Å²) in [6, 6.07) is 5.51. The van der Waals surface area contributed by atoms with Crippen molar-refractivity contribution in [2.24, 2.45) is 0 Å². The number of sulfonamides is 1. The molecule has 0 aliphatic carbocycles. The lowest BCUT2D eigenvalue weighted by molar-refractivity contribution is 0.0722. The second-order valence-corrected chi connectivity index (χ2v) is 9.45. The molecule has 2 aliphatic rings. The molecule has 9 nitrogen and oxygen atoms in total. The monoisotopic (exact) mass is 404 g/mol. The van der Waals surface area contributed by atoms with Crippen LogP contribution in [0.4, 0.5) is 0 Å². The van der Waals surface area contributed by atoms with Crippen molar-refractivity contribution in [2.45, 2.75) is 30.3 Å². The molecule has 1 fully saturated rings. The van der Waals surface area contributed by atoms with Gasteiger partial charge in [0.05, 0.1) is 4.90 Å². The number of hydrogen-bond acceptors (Lipinski definition) is 6. The van der Waals surface area contributed by atoms with Crippen LogP contribution in [0.1, 0.15) is 28.2 Å². The molecule has 28 heavy (non-hydrogen) atoms. The molecular formula is C18H24N6O3S. The number of nitrogens with zero attached hydrogens (tertiary/aromatic N) is 5. The first-order valence-electron chi connectivity index (χ1n) is 9.29. The lowest BCUT2D eigenvalue weighted by atomic mass is 10.00. The van der Waals surface area contributed by atoms with Crippen molar-refractivity contribution in [1.82, 2.24) is 29.3 Å². The number of fused-ring (bicyclic) bond motifs is 1. The van der Waals surface area contributed by atoms with Gasteiger partial charge in [0.1, 0.15) is 6.33 Å². The lowest BCUT2D eigenvalue weighted by Crippen LogP contribution is -2.37. The molecule has 4 rings (SSSR count). The Hall–Kier alpha value is -2.30. The summed E-state index contributed by atoms with van der Waals surface area (Å²) in [5.41, 5.74) is 1.94. The highest BCUT2D eigenvalue weighted by Gasteiger charge is 2.34. The molecule has 0 saturated carbocycles. The Morgan fingerprint density at radius 3 is 2.75 bits per heavy atom. The van der Waals surface area contributed by atoms with Gasteiger partial charge in [-0.1, -0.05) is 6.07 Å². The van der Waals surface area contributed by atoms with E-state index < -0.39 is 10.0 Å². The number of aromatic nitrogens is 3. The van der Waals surface area contributed by atoms with Gasteiger partial charge in [0.15, 0.2) is 0 Å². The maximum absolute atomic E-state index is 13.1. The zero-order valence-corrected chi connectivity index (χ0v) is 16.8. The minimum atomic E-state index is -3.54. The van der Waals surface area contributed by atoms with Gasteiger partial charge in [0.2, 0.25) is 15.8 Å². The Bertz CT molecular complexity index is 973. The quantitative estimate of drug-likeness (QED) is 0.788. The van der Waals surface area contributed by atoms with Crippen LogP contribution in [0, 0.1) is 0 Å². The smallest absolute Gasteiger partial charge is 0.291 e. The molecule has 0 unspecified atom stereocenters.